The number of carboxylic acid groups (broad SMARTS) is 1. The number of carbonyl (C=O) groups is 2. The molecule has 0 aromatic heterocycles. The van der Waals surface area contributed by atoms with Gasteiger partial charge in [0.25, 0.3) is 0 Å². The highest BCUT2D eigenvalue weighted by molar-refractivity contribution is 5.86. The molecule has 0 saturated heterocycles. The number of rotatable bonds is 5. The maximum Gasteiger partial charge on any atom is 0.304 e. The molecule has 1 aromatic carbocycles. The van der Waals surface area contributed by atoms with Gasteiger partial charge >= 0.3 is 5.97 Å². The standard InChI is InChI=1S/C11H13NO4/c1-16-8-4-2-7(3-5-8)9(11(12)15)6-10(13)14/h2-5,9H,6H2,1H3,(H2,12,15)(H,13,14)/t9-/m1/s1. The molecule has 1 amide bonds. The van der Waals surface area contributed by atoms with Crippen LogP contribution in [0.5, 0.6) is 5.75 Å². The quantitative estimate of drug-likeness (QED) is 0.770. The van der Waals surface area contributed by atoms with E-state index in [0.717, 1.165) is 0 Å². The predicted octanol–water partition coefficient (Wildman–Crippen LogP) is 0.739. The molecule has 0 unspecified atom stereocenters. The summed E-state index contributed by atoms with van der Waals surface area (Å²) in [5.41, 5.74) is 5.73. The van der Waals surface area contributed by atoms with Gasteiger partial charge in [-0.3, -0.25) is 9.59 Å². The number of carbonyl (C=O) groups excluding carboxylic acids is 1. The molecule has 0 radical (unpaired) electrons. The minimum atomic E-state index is -1.06. The molecule has 0 bridgehead atoms. The average molecular weight is 223 g/mol. The summed E-state index contributed by atoms with van der Waals surface area (Å²) in [7, 11) is 1.53. The average Bonchev–Trinajstić information content (AvgIpc) is 2.25. The van der Waals surface area contributed by atoms with E-state index < -0.39 is 17.8 Å². The predicted molar refractivity (Wildman–Crippen MR) is 57.2 cm³/mol. The van der Waals surface area contributed by atoms with E-state index in [1.54, 1.807) is 24.3 Å². The van der Waals surface area contributed by atoms with Gasteiger partial charge in [-0.1, -0.05) is 12.1 Å². The lowest BCUT2D eigenvalue weighted by Crippen LogP contribution is -2.23. The molecule has 0 aliphatic heterocycles. The highest BCUT2D eigenvalue weighted by atomic mass is 16.5. The lowest BCUT2D eigenvalue weighted by Gasteiger charge is -2.11. The largest absolute Gasteiger partial charge is 0.497 e. The summed E-state index contributed by atoms with van der Waals surface area (Å²) >= 11 is 0. The third-order valence-corrected chi connectivity index (χ3v) is 2.24. The molecule has 1 aromatic rings. The number of hydrogen-bond acceptors (Lipinski definition) is 3. The van der Waals surface area contributed by atoms with E-state index in [1.807, 2.05) is 0 Å². The highest BCUT2D eigenvalue weighted by Crippen LogP contribution is 2.22. The van der Waals surface area contributed by atoms with E-state index in [2.05, 4.69) is 0 Å². The zero-order valence-electron chi connectivity index (χ0n) is 8.84. The van der Waals surface area contributed by atoms with Crippen molar-refractivity contribution in [3.63, 3.8) is 0 Å². The number of hydrogen-bond donors (Lipinski definition) is 2. The molecule has 3 N–H and O–H groups in total. The zero-order valence-corrected chi connectivity index (χ0v) is 8.84. The molecule has 86 valence electrons. The Morgan fingerprint density at radius 1 is 1.38 bits per heavy atom. The van der Waals surface area contributed by atoms with Crippen molar-refractivity contribution in [2.45, 2.75) is 12.3 Å². The number of aliphatic carboxylic acids is 1. The molecule has 16 heavy (non-hydrogen) atoms. The fraction of sp³-hybridized carbons (Fsp3) is 0.273. The van der Waals surface area contributed by atoms with Gasteiger partial charge in [0.15, 0.2) is 0 Å². The van der Waals surface area contributed by atoms with Crippen LogP contribution < -0.4 is 10.5 Å². The zero-order chi connectivity index (χ0) is 12.1. The van der Waals surface area contributed by atoms with Gasteiger partial charge in [0, 0.05) is 0 Å². The SMILES string of the molecule is COc1ccc([C@@H](CC(=O)O)C(N)=O)cc1. The van der Waals surface area contributed by atoms with Gasteiger partial charge in [0.05, 0.1) is 19.4 Å². The van der Waals surface area contributed by atoms with Gasteiger partial charge in [-0.15, -0.1) is 0 Å². The number of ether oxygens (including phenoxy) is 1. The number of benzene rings is 1. The van der Waals surface area contributed by atoms with Crippen LogP contribution >= 0.6 is 0 Å². The van der Waals surface area contributed by atoms with Crippen LogP contribution in [0.2, 0.25) is 0 Å². The van der Waals surface area contributed by atoms with E-state index >= 15 is 0 Å². The third kappa shape index (κ3) is 2.98. The minimum Gasteiger partial charge on any atom is -0.497 e. The second kappa shape index (κ2) is 5.16. The van der Waals surface area contributed by atoms with E-state index in [-0.39, 0.29) is 6.42 Å². The monoisotopic (exact) mass is 223 g/mol. The Balaban J connectivity index is 2.92. The van der Waals surface area contributed by atoms with Gasteiger partial charge in [-0.05, 0) is 17.7 Å². The molecular weight excluding hydrogens is 210 g/mol. The molecule has 0 aliphatic rings. The molecule has 0 fully saturated rings. The van der Waals surface area contributed by atoms with Crippen molar-refractivity contribution >= 4 is 11.9 Å². The van der Waals surface area contributed by atoms with Crippen LogP contribution in [-0.2, 0) is 9.59 Å². The topological polar surface area (TPSA) is 89.6 Å². The molecule has 0 spiro atoms. The van der Waals surface area contributed by atoms with Crippen LogP contribution in [0.3, 0.4) is 0 Å². The normalized spacial score (nSPS) is 11.8. The molecule has 0 aliphatic carbocycles. The Labute approximate surface area is 92.8 Å². The van der Waals surface area contributed by atoms with Crippen molar-refractivity contribution in [3.8, 4) is 5.75 Å². The van der Waals surface area contributed by atoms with Crippen LogP contribution in [0, 0.1) is 0 Å². The van der Waals surface area contributed by atoms with Crippen molar-refractivity contribution < 1.29 is 19.4 Å². The lowest BCUT2D eigenvalue weighted by atomic mass is 9.95. The van der Waals surface area contributed by atoms with Gasteiger partial charge in [0.1, 0.15) is 5.75 Å². The molecule has 0 saturated carbocycles. The Kier molecular flexibility index (Phi) is 3.88. The van der Waals surface area contributed by atoms with Gasteiger partial charge in [-0.25, -0.2) is 0 Å². The lowest BCUT2D eigenvalue weighted by molar-refractivity contribution is -0.139. The first-order valence-electron chi connectivity index (χ1n) is 4.69. The highest BCUT2D eigenvalue weighted by Gasteiger charge is 2.21. The Morgan fingerprint density at radius 3 is 2.31 bits per heavy atom. The van der Waals surface area contributed by atoms with Crippen LogP contribution in [0.4, 0.5) is 0 Å². The Morgan fingerprint density at radius 2 is 1.94 bits per heavy atom. The number of nitrogens with two attached hydrogens (primary N) is 1. The number of methoxy groups -OCH3 is 1. The molecular formula is C11H13NO4. The van der Waals surface area contributed by atoms with Crippen molar-refractivity contribution in [3.05, 3.63) is 29.8 Å². The van der Waals surface area contributed by atoms with Gasteiger partial charge in [0.2, 0.25) is 5.91 Å². The molecule has 1 atom stereocenters. The van der Waals surface area contributed by atoms with Crippen molar-refractivity contribution in [1.29, 1.82) is 0 Å². The minimum absolute atomic E-state index is 0.304. The first kappa shape index (κ1) is 12.0. The van der Waals surface area contributed by atoms with E-state index in [0.29, 0.717) is 11.3 Å². The summed E-state index contributed by atoms with van der Waals surface area (Å²) < 4.78 is 4.96. The van der Waals surface area contributed by atoms with Crippen LogP contribution in [0.25, 0.3) is 0 Å². The number of amides is 1. The van der Waals surface area contributed by atoms with Crippen molar-refractivity contribution in [2.24, 2.45) is 5.73 Å². The number of carboxylic acids is 1. The molecule has 1 rings (SSSR count). The summed E-state index contributed by atoms with van der Waals surface area (Å²) in [6.07, 6.45) is -0.304. The molecule has 5 heteroatoms. The fourth-order valence-electron chi connectivity index (χ4n) is 1.39. The van der Waals surface area contributed by atoms with Crippen molar-refractivity contribution in [1.82, 2.24) is 0 Å². The molecule has 0 heterocycles. The third-order valence-electron chi connectivity index (χ3n) is 2.24. The number of primary amides is 1. The smallest absolute Gasteiger partial charge is 0.304 e. The Bertz CT molecular complexity index is 385. The van der Waals surface area contributed by atoms with Gasteiger partial charge < -0.3 is 15.6 Å². The Hall–Kier alpha value is -2.04. The van der Waals surface area contributed by atoms with Crippen molar-refractivity contribution in [2.75, 3.05) is 7.11 Å². The summed E-state index contributed by atoms with van der Waals surface area (Å²) in [6, 6.07) is 6.59. The maximum absolute atomic E-state index is 11.1. The van der Waals surface area contributed by atoms with Crippen LogP contribution in [0.1, 0.15) is 17.9 Å². The second-order valence-corrected chi connectivity index (χ2v) is 3.33. The summed E-state index contributed by atoms with van der Waals surface area (Å²) in [6.45, 7) is 0. The summed E-state index contributed by atoms with van der Waals surface area (Å²) in [5.74, 6) is -1.86. The van der Waals surface area contributed by atoms with E-state index in [1.165, 1.54) is 7.11 Å². The fourth-order valence-corrected chi connectivity index (χ4v) is 1.39. The van der Waals surface area contributed by atoms with Crippen LogP contribution in [-0.4, -0.2) is 24.1 Å². The first-order chi connectivity index (χ1) is 7.54. The maximum atomic E-state index is 11.1. The van der Waals surface area contributed by atoms with E-state index in [4.69, 9.17) is 15.6 Å². The van der Waals surface area contributed by atoms with E-state index in [9.17, 15) is 9.59 Å². The molecule has 5 nitrogen and oxygen atoms in total. The van der Waals surface area contributed by atoms with Gasteiger partial charge in [-0.2, -0.15) is 0 Å². The summed E-state index contributed by atoms with van der Waals surface area (Å²) in [5, 5.41) is 8.66. The summed E-state index contributed by atoms with van der Waals surface area (Å²) in [4.78, 5) is 21.7. The van der Waals surface area contributed by atoms with Crippen LogP contribution in [0.15, 0.2) is 24.3 Å². The first-order valence-corrected chi connectivity index (χ1v) is 4.69. The second-order valence-electron chi connectivity index (χ2n) is 3.33.